The van der Waals surface area contributed by atoms with Crippen molar-refractivity contribution in [2.75, 3.05) is 6.61 Å². The Morgan fingerprint density at radius 2 is 0.857 bits per heavy atom. The summed E-state index contributed by atoms with van der Waals surface area (Å²) >= 11 is 0. The first-order valence-corrected chi connectivity index (χ1v) is 33.7. The van der Waals surface area contributed by atoms with Crippen LogP contribution in [0.4, 0.5) is 0 Å². The summed E-state index contributed by atoms with van der Waals surface area (Å²) in [5.74, 6) is -0.225. The van der Waals surface area contributed by atoms with E-state index in [9.17, 15) is 15.0 Å². The van der Waals surface area contributed by atoms with Gasteiger partial charge >= 0.3 is 0 Å². The molecule has 1 fully saturated rings. The summed E-state index contributed by atoms with van der Waals surface area (Å²) in [6, 6.07) is 39.4. The second-order valence-corrected chi connectivity index (χ2v) is 23.9. The molecule has 0 radical (unpaired) electrons. The van der Waals surface area contributed by atoms with Gasteiger partial charge in [0, 0.05) is 6.42 Å². The molecule has 9 heteroatoms. The van der Waals surface area contributed by atoms with Crippen LogP contribution in [-0.2, 0) is 54.9 Å². The monoisotopic (exact) mass is 1160 g/mol. The fraction of sp³-hybridized carbons (Fsp3) is 0.613. The van der Waals surface area contributed by atoms with E-state index in [1.807, 2.05) is 133 Å². The molecule has 0 spiro atoms. The number of hydrogen-bond acceptors (Lipinski definition) is 8. The quantitative estimate of drug-likeness (QED) is 0.0296. The SMILES string of the molecule is CCCCCCCCCCCCCCCCCCC=CCC(=O)N[C@@H](C=C[C@H]1OC(COCc2ccccc2)[C@H](OCc2ccccc2)[C@@H](OCc2ccccc2)C1OCc1ccccc1)[C@H](O)[C@H](O)CCCCCCCCCCCCCC. The average Bonchev–Trinajstić information content (AvgIpc) is 3.42. The summed E-state index contributed by atoms with van der Waals surface area (Å²) < 4.78 is 34.4. The molecule has 1 amide bonds. The summed E-state index contributed by atoms with van der Waals surface area (Å²) in [5.41, 5.74) is 4.04. The molecule has 5 rings (SSSR count). The maximum atomic E-state index is 13.9. The normalized spacial score (nSPS) is 18.4. The van der Waals surface area contributed by atoms with Gasteiger partial charge in [0.25, 0.3) is 0 Å². The van der Waals surface area contributed by atoms with Crippen molar-refractivity contribution in [1.29, 1.82) is 0 Å². The fourth-order valence-electron chi connectivity index (χ4n) is 11.4. The number of amides is 1. The van der Waals surface area contributed by atoms with Crippen LogP contribution in [0, 0.1) is 0 Å². The molecule has 1 aliphatic heterocycles. The minimum atomic E-state index is -1.27. The minimum Gasteiger partial charge on any atom is -0.390 e. The first-order valence-electron chi connectivity index (χ1n) is 33.7. The largest absolute Gasteiger partial charge is 0.390 e. The van der Waals surface area contributed by atoms with Crippen molar-refractivity contribution < 1.29 is 38.7 Å². The van der Waals surface area contributed by atoms with Crippen molar-refractivity contribution in [2.45, 2.75) is 288 Å². The molecule has 9 nitrogen and oxygen atoms in total. The average molecular weight is 1160 g/mol. The lowest BCUT2D eigenvalue weighted by Gasteiger charge is -2.45. The highest BCUT2D eigenvalue weighted by molar-refractivity contribution is 5.78. The summed E-state index contributed by atoms with van der Waals surface area (Å²) in [4.78, 5) is 13.9. The van der Waals surface area contributed by atoms with Crippen LogP contribution < -0.4 is 5.32 Å². The van der Waals surface area contributed by atoms with Crippen LogP contribution in [0.1, 0.15) is 235 Å². The first kappa shape index (κ1) is 70.3. The molecule has 0 aromatic heterocycles. The third kappa shape index (κ3) is 31.3. The standard InChI is InChI=1S/C75H113NO8/c1-3-5-7-9-11-13-15-17-18-19-20-21-22-23-25-27-29-31-45-55-71(78)76-67(72(79)68(77)54-44-30-28-26-24-16-14-12-10-8-6-4-2)56-57-69-73(81-59-64-48-38-33-39-49-64)75(83-61-66-52-42-35-43-53-66)74(82-60-65-50-40-34-41-51-65)70(84-69)62-80-58-63-46-36-32-37-47-63/h31-43,45-53,56-57,67-70,72-75,77,79H,3-30,44,54-55,58-62H2,1-2H3,(H,76,78)/t67-,68+,69+,70?,72-,73?,74-,75-/m0/s1. The van der Waals surface area contributed by atoms with Crippen LogP contribution in [0.3, 0.4) is 0 Å². The Morgan fingerprint density at radius 3 is 1.30 bits per heavy atom. The molecule has 4 aromatic carbocycles. The van der Waals surface area contributed by atoms with Gasteiger partial charge in [-0.2, -0.15) is 0 Å². The van der Waals surface area contributed by atoms with Gasteiger partial charge in [-0.3, -0.25) is 4.79 Å². The smallest absolute Gasteiger partial charge is 0.224 e. The van der Waals surface area contributed by atoms with Crippen molar-refractivity contribution in [2.24, 2.45) is 0 Å². The zero-order valence-electron chi connectivity index (χ0n) is 52.3. The number of unbranched alkanes of at least 4 members (excludes halogenated alkanes) is 27. The van der Waals surface area contributed by atoms with Gasteiger partial charge in [0.1, 0.15) is 36.6 Å². The maximum absolute atomic E-state index is 13.9. The second kappa shape index (κ2) is 46.7. The minimum absolute atomic E-state index is 0.171. The molecule has 4 aromatic rings. The Labute approximate surface area is 510 Å². The number of aliphatic hydroxyl groups is 2. The Hall–Kier alpha value is -4.45. The van der Waals surface area contributed by atoms with Crippen LogP contribution in [0.15, 0.2) is 146 Å². The van der Waals surface area contributed by atoms with Crippen LogP contribution >= 0.6 is 0 Å². The molecule has 84 heavy (non-hydrogen) atoms. The molecule has 8 atom stereocenters. The van der Waals surface area contributed by atoms with Gasteiger partial charge < -0.3 is 39.2 Å². The van der Waals surface area contributed by atoms with E-state index in [4.69, 9.17) is 23.7 Å². The number of carbonyl (C=O) groups excluding carboxylic acids is 1. The van der Waals surface area contributed by atoms with Gasteiger partial charge in [0.15, 0.2) is 0 Å². The highest BCUT2D eigenvalue weighted by Crippen LogP contribution is 2.32. The van der Waals surface area contributed by atoms with Gasteiger partial charge in [0.05, 0.1) is 45.2 Å². The Balaban J connectivity index is 1.28. The topological polar surface area (TPSA) is 116 Å². The van der Waals surface area contributed by atoms with Crippen molar-refractivity contribution >= 4 is 5.91 Å². The molecular weight excluding hydrogens is 1040 g/mol. The highest BCUT2D eigenvalue weighted by atomic mass is 16.6. The predicted octanol–water partition coefficient (Wildman–Crippen LogP) is 18.2. The van der Waals surface area contributed by atoms with E-state index >= 15 is 0 Å². The molecule has 1 aliphatic rings. The molecule has 466 valence electrons. The molecule has 1 saturated heterocycles. The molecular formula is C75H113NO8. The molecule has 0 saturated carbocycles. The lowest BCUT2D eigenvalue weighted by atomic mass is 9.92. The van der Waals surface area contributed by atoms with E-state index in [-0.39, 0.29) is 25.5 Å². The number of hydrogen-bond donors (Lipinski definition) is 3. The second-order valence-electron chi connectivity index (χ2n) is 23.9. The lowest BCUT2D eigenvalue weighted by molar-refractivity contribution is -0.263. The van der Waals surface area contributed by atoms with E-state index in [1.165, 1.54) is 154 Å². The summed E-state index contributed by atoms with van der Waals surface area (Å²) in [5, 5.41) is 26.9. The number of nitrogens with one attached hydrogen (secondary N) is 1. The van der Waals surface area contributed by atoms with E-state index in [1.54, 1.807) is 6.08 Å². The third-order valence-corrected chi connectivity index (χ3v) is 16.6. The van der Waals surface area contributed by atoms with Crippen LogP contribution in [0.25, 0.3) is 0 Å². The van der Waals surface area contributed by atoms with Crippen LogP contribution in [0.5, 0.6) is 0 Å². The summed E-state index contributed by atoms with van der Waals surface area (Å²) in [6.07, 6.45) is 39.5. The first-order chi connectivity index (χ1) is 41.4. The van der Waals surface area contributed by atoms with Crippen molar-refractivity contribution in [3.05, 3.63) is 168 Å². The molecule has 0 aliphatic carbocycles. The molecule has 2 unspecified atom stereocenters. The maximum Gasteiger partial charge on any atom is 0.224 e. The fourth-order valence-corrected chi connectivity index (χ4v) is 11.4. The number of aliphatic hydroxyl groups excluding tert-OH is 2. The Kier molecular flexibility index (Phi) is 39.1. The summed E-state index contributed by atoms with van der Waals surface area (Å²) in [6.45, 7) is 6.00. The molecule has 0 bridgehead atoms. The third-order valence-electron chi connectivity index (χ3n) is 16.6. The van der Waals surface area contributed by atoms with Crippen molar-refractivity contribution in [3.63, 3.8) is 0 Å². The van der Waals surface area contributed by atoms with E-state index in [0.29, 0.717) is 26.2 Å². The zero-order valence-corrected chi connectivity index (χ0v) is 52.3. The van der Waals surface area contributed by atoms with Crippen LogP contribution in [0.2, 0.25) is 0 Å². The van der Waals surface area contributed by atoms with Crippen molar-refractivity contribution in [1.82, 2.24) is 5.32 Å². The lowest BCUT2D eigenvalue weighted by Crippen LogP contribution is -2.60. The van der Waals surface area contributed by atoms with Gasteiger partial charge in [-0.1, -0.05) is 333 Å². The van der Waals surface area contributed by atoms with Crippen molar-refractivity contribution in [3.8, 4) is 0 Å². The Morgan fingerprint density at radius 1 is 0.476 bits per heavy atom. The number of carbonyl (C=O) groups is 1. The number of ether oxygens (including phenoxy) is 5. The number of allylic oxidation sites excluding steroid dienone is 1. The van der Waals surface area contributed by atoms with E-state index < -0.39 is 48.8 Å². The van der Waals surface area contributed by atoms with Crippen LogP contribution in [-0.4, -0.2) is 71.5 Å². The summed E-state index contributed by atoms with van der Waals surface area (Å²) in [7, 11) is 0. The number of benzene rings is 4. The number of rotatable bonds is 50. The van der Waals surface area contributed by atoms with Gasteiger partial charge in [-0.05, 0) is 41.5 Å². The van der Waals surface area contributed by atoms with Gasteiger partial charge in [0.2, 0.25) is 5.91 Å². The van der Waals surface area contributed by atoms with E-state index in [2.05, 4.69) is 25.2 Å². The van der Waals surface area contributed by atoms with E-state index in [0.717, 1.165) is 54.4 Å². The predicted molar refractivity (Wildman–Crippen MR) is 347 cm³/mol. The zero-order chi connectivity index (χ0) is 59.2. The van der Waals surface area contributed by atoms with Gasteiger partial charge in [-0.15, -0.1) is 0 Å². The van der Waals surface area contributed by atoms with Gasteiger partial charge in [-0.25, -0.2) is 0 Å². The molecule has 1 heterocycles. The highest BCUT2D eigenvalue weighted by Gasteiger charge is 2.48. The molecule has 3 N–H and O–H groups in total. The Bertz CT molecular complexity index is 2210.